The molecular formula is C36H34F3N2PSi. The molecule has 2 nitrogen and oxygen atoms in total. The lowest BCUT2D eigenvalue weighted by Crippen LogP contribution is -2.54. The second-order valence-corrected chi connectivity index (χ2v) is 19.3. The van der Waals surface area contributed by atoms with Crippen molar-refractivity contribution in [1.82, 2.24) is 9.97 Å². The van der Waals surface area contributed by atoms with E-state index in [1.165, 1.54) is 28.2 Å². The van der Waals surface area contributed by atoms with Gasteiger partial charge in [-0.2, -0.15) is 13.2 Å². The number of benzene rings is 3. The Bertz CT molecular complexity index is 1990. The predicted octanol–water partition coefficient (Wildman–Crippen LogP) is 9.87. The van der Waals surface area contributed by atoms with Crippen molar-refractivity contribution in [3.8, 4) is 16.6 Å². The number of aryl methyl sites for hydroxylation is 1. The van der Waals surface area contributed by atoms with Gasteiger partial charge in [0.15, 0.2) is 0 Å². The van der Waals surface area contributed by atoms with Crippen LogP contribution in [0.4, 0.5) is 13.2 Å². The molecule has 3 aromatic carbocycles. The van der Waals surface area contributed by atoms with E-state index in [2.05, 4.69) is 77.2 Å². The van der Waals surface area contributed by atoms with E-state index >= 15 is 0 Å². The first-order chi connectivity index (χ1) is 20.2. The van der Waals surface area contributed by atoms with Crippen LogP contribution in [0.15, 0.2) is 97.3 Å². The van der Waals surface area contributed by atoms with Crippen molar-refractivity contribution in [2.75, 3.05) is 0 Å². The number of pyridine rings is 2. The van der Waals surface area contributed by atoms with Crippen LogP contribution < -0.4 is 10.5 Å². The van der Waals surface area contributed by atoms with Gasteiger partial charge >= 0.3 is 6.18 Å². The third-order valence-electron chi connectivity index (χ3n) is 8.38. The minimum Gasteiger partial charge on any atom is -0.266 e. The van der Waals surface area contributed by atoms with Crippen LogP contribution in [0.25, 0.3) is 37.6 Å². The van der Waals surface area contributed by atoms with Crippen LogP contribution in [0.1, 0.15) is 37.5 Å². The van der Waals surface area contributed by atoms with Crippen molar-refractivity contribution < 1.29 is 13.2 Å². The molecule has 0 N–H and O–H groups in total. The Balaban J connectivity index is 1.58. The van der Waals surface area contributed by atoms with Crippen molar-refractivity contribution in [2.45, 2.75) is 52.4 Å². The largest absolute Gasteiger partial charge is 0.416 e. The van der Waals surface area contributed by atoms with E-state index in [1.807, 2.05) is 42.6 Å². The smallest absolute Gasteiger partial charge is 0.266 e. The van der Waals surface area contributed by atoms with Gasteiger partial charge in [-0.25, -0.2) is 0 Å². The van der Waals surface area contributed by atoms with Crippen LogP contribution in [0.2, 0.25) is 13.1 Å². The molecule has 0 bridgehead atoms. The molecule has 0 aliphatic rings. The monoisotopic (exact) mass is 610 g/mol. The fraction of sp³-hybridized carbons (Fsp3) is 0.222. The zero-order valence-electron chi connectivity index (χ0n) is 25.2. The maximum Gasteiger partial charge on any atom is 0.416 e. The van der Waals surface area contributed by atoms with Gasteiger partial charge in [-0.15, -0.1) is 0 Å². The second kappa shape index (κ2) is 10.5. The fourth-order valence-electron chi connectivity index (χ4n) is 5.75. The Hall–Kier alpha value is -3.73. The molecule has 6 rings (SSSR count). The highest BCUT2D eigenvalue weighted by molar-refractivity contribution is 7.67. The molecule has 3 heterocycles. The van der Waals surface area contributed by atoms with Gasteiger partial charge < -0.3 is 0 Å². The third kappa shape index (κ3) is 5.43. The Morgan fingerprint density at radius 2 is 1.47 bits per heavy atom. The quantitative estimate of drug-likeness (QED) is 0.186. The highest BCUT2D eigenvalue weighted by Crippen LogP contribution is 2.55. The highest BCUT2D eigenvalue weighted by atomic mass is 31.1. The normalized spacial score (nSPS) is 13.2. The van der Waals surface area contributed by atoms with E-state index in [0.717, 1.165) is 32.4 Å². The molecular weight excluding hydrogens is 576 g/mol. The minimum absolute atomic E-state index is 0.0896. The van der Waals surface area contributed by atoms with E-state index in [9.17, 15) is 13.2 Å². The van der Waals surface area contributed by atoms with Crippen LogP contribution in [0, 0.1) is 6.92 Å². The Kier molecular flexibility index (Phi) is 7.14. The molecule has 0 spiro atoms. The molecule has 1 atom stereocenters. The zero-order chi connectivity index (χ0) is 30.7. The van der Waals surface area contributed by atoms with Gasteiger partial charge in [0.25, 0.3) is 0 Å². The number of nitrogens with zero attached hydrogens (tertiary/aromatic N) is 2. The number of rotatable bonds is 4. The lowest BCUT2D eigenvalue weighted by atomic mass is 9.88. The van der Waals surface area contributed by atoms with E-state index < -0.39 is 27.3 Å². The summed E-state index contributed by atoms with van der Waals surface area (Å²) in [5, 5.41) is 6.26. The number of hydrogen-bond donors (Lipinski definition) is 0. The lowest BCUT2D eigenvalue weighted by Gasteiger charge is -2.27. The second-order valence-electron chi connectivity index (χ2n) is 12.9. The summed E-state index contributed by atoms with van der Waals surface area (Å²) in [5.74, 6) is 0. The number of hydrogen-bond acceptors (Lipinski definition) is 2. The first kappa shape index (κ1) is 29.3. The van der Waals surface area contributed by atoms with Gasteiger partial charge in [0, 0.05) is 27.9 Å². The summed E-state index contributed by atoms with van der Waals surface area (Å²) >= 11 is 0. The Morgan fingerprint density at radius 3 is 2.16 bits per heavy atom. The molecule has 0 amide bonds. The Morgan fingerprint density at radius 1 is 0.674 bits per heavy atom. The molecule has 43 heavy (non-hydrogen) atoms. The molecule has 1 unspecified atom stereocenters. The summed E-state index contributed by atoms with van der Waals surface area (Å²) in [5.41, 5.74) is 3.92. The van der Waals surface area contributed by atoms with E-state index in [1.54, 1.807) is 6.20 Å². The average Bonchev–Trinajstić information content (AvgIpc) is 3.29. The van der Waals surface area contributed by atoms with Crippen LogP contribution in [-0.2, 0) is 11.6 Å². The van der Waals surface area contributed by atoms with Crippen molar-refractivity contribution in [3.05, 3.63) is 114 Å². The highest BCUT2D eigenvalue weighted by Gasteiger charge is 2.35. The zero-order valence-corrected chi connectivity index (χ0v) is 27.1. The molecule has 218 valence electrons. The molecule has 0 aliphatic heterocycles. The summed E-state index contributed by atoms with van der Waals surface area (Å²) in [7, 11) is -3.54. The van der Waals surface area contributed by atoms with Crippen molar-refractivity contribution in [2.24, 2.45) is 0 Å². The minimum atomic E-state index is -4.47. The molecule has 0 radical (unpaired) electrons. The molecule has 0 aliphatic carbocycles. The maximum atomic E-state index is 14.4. The molecule has 0 fully saturated rings. The van der Waals surface area contributed by atoms with Crippen LogP contribution in [-0.4, -0.2) is 18.0 Å². The third-order valence-corrected chi connectivity index (χ3v) is 14.1. The van der Waals surface area contributed by atoms with Gasteiger partial charge in [-0.3, -0.25) is 9.97 Å². The number of aromatic nitrogens is 2. The SMILES string of the molecule is Cc1ccc2c(c1)c1ccc(-c3cc(C(F)(F)F)cc([Si](C)(C)c4cc(C(C)(C)C)ccn4)c3)cc1p2-c1ccccn1. The Labute approximate surface area is 252 Å². The number of halogens is 3. The molecule has 3 aromatic heterocycles. The first-order valence-electron chi connectivity index (χ1n) is 14.4. The number of fused-ring (bicyclic) bond motifs is 3. The summed E-state index contributed by atoms with van der Waals surface area (Å²) in [6.07, 6.45) is -0.873. The molecule has 0 saturated carbocycles. The van der Waals surface area contributed by atoms with Crippen molar-refractivity contribution in [1.29, 1.82) is 0 Å². The fourth-order valence-corrected chi connectivity index (χ4v) is 10.5. The van der Waals surface area contributed by atoms with Crippen molar-refractivity contribution in [3.63, 3.8) is 0 Å². The summed E-state index contributed by atoms with van der Waals surface area (Å²) in [6.45, 7) is 12.7. The van der Waals surface area contributed by atoms with E-state index in [0.29, 0.717) is 10.8 Å². The predicted molar refractivity (Wildman–Crippen MR) is 178 cm³/mol. The van der Waals surface area contributed by atoms with E-state index in [-0.39, 0.29) is 5.41 Å². The number of alkyl halides is 3. The average molecular weight is 611 g/mol. The lowest BCUT2D eigenvalue weighted by molar-refractivity contribution is -0.137. The molecule has 0 saturated heterocycles. The van der Waals surface area contributed by atoms with E-state index in [4.69, 9.17) is 9.97 Å². The topological polar surface area (TPSA) is 25.8 Å². The van der Waals surface area contributed by atoms with Gasteiger partial charge in [-0.05, 0) is 82.3 Å². The van der Waals surface area contributed by atoms with Gasteiger partial charge in [0.05, 0.1) is 11.0 Å². The first-order valence-corrected chi connectivity index (χ1v) is 18.7. The maximum absolute atomic E-state index is 14.4. The summed E-state index contributed by atoms with van der Waals surface area (Å²) in [4.78, 5) is 9.40. The summed E-state index contributed by atoms with van der Waals surface area (Å²) in [6, 6.07) is 27.3. The standard InChI is InChI=1S/C36H34F3N2PSi/c1-23-10-13-31-30(17-23)29-12-11-24(20-32(29)42(31)33-9-7-8-15-40-33)25-18-27(36(37,38)39)21-28(19-25)43(5,6)34-22-26(14-16-41-34)35(2,3)4/h7-22H,1-6H3. The molecule has 7 heteroatoms. The van der Waals surface area contributed by atoms with Crippen LogP contribution in [0.5, 0.6) is 0 Å². The van der Waals surface area contributed by atoms with Gasteiger partial charge in [0.2, 0.25) is 0 Å². The van der Waals surface area contributed by atoms with Crippen molar-refractivity contribution >= 4 is 47.1 Å². The van der Waals surface area contributed by atoms with Crippen LogP contribution in [0.3, 0.4) is 0 Å². The molecule has 6 aromatic rings. The van der Waals surface area contributed by atoms with Crippen LogP contribution >= 0.6 is 7.53 Å². The van der Waals surface area contributed by atoms with Gasteiger partial charge in [0.1, 0.15) is 8.07 Å². The van der Waals surface area contributed by atoms with Gasteiger partial charge in [-0.1, -0.05) is 94.6 Å². The summed E-state index contributed by atoms with van der Waals surface area (Å²) < 4.78 is 43.2.